The zero-order valence-corrected chi connectivity index (χ0v) is 16.8. The van der Waals surface area contributed by atoms with Gasteiger partial charge < -0.3 is 0 Å². The molecule has 4 heterocycles. The monoisotopic (exact) mass is 368 g/mol. The summed E-state index contributed by atoms with van der Waals surface area (Å²) in [6, 6.07) is 2.00. The van der Waals surface area contributed by atoms with Crippen LogP contribution in [0.3, 0.4) is 0 Å². The van der Waals surface area contributed by atoms with Crippen molar-refractivity contribution < 1.29 is 0 Å². The van der Waals surface area contributed by atoms with Crippen LogP contribution in [0.2, 0.25) is 0 Å². The molecule has 4 rings (SSSR count). The van der Waals surface area contributed by atoms with E-state index in [1.54, 1.807) is 4.52 Å². The standard InChI is InChI=1S/C20H28N6O/c1-6-25-13(2)14(10-21-25)11-24-8-7-16-15(12-24)19(27)26-18(22-16)9-17(23-26)20(3,4)5/h9-10,23H,6-8,11-12H2,1-5H3. The van der Waals surface area contributed by atoms with Crippen LogP contribution in [-0.2, 0) is 31.5 Å². The van der Waals surface area contributed by atoms with E-state index in [1.807, 2.05) is 16.9 Å². The van der Waals surface area contributed by atoms with Gasteiger partial charge in [0.1, 0.15) is 0 Å². The normalized spacial score (nSPS) is 15.4. The molecule has 0 aromatic carbocycles. The second kappa shape index (κ2) is 6.34. The zero-order chi connectivity index (χ0) is 19.3. The molecule has 0 aliphatic carbocycles. The Morgan fingerprint density at radius 1 is 1.30 bits per heavy atom. The summed E-state index contributed by atoms with van der Waals surface area (Å²) in [6.07, 6.45) is 2.75. The molecule has 0 saturated heterocycles. The smallest absolute Gasteiger partial charge is 0.277 e. The Balaban J connectivity index is 1.65. The third kappa shape index (κ3) is 3.10. The molecule has 0 bridgehead atoms. The van der Waals surface area contributed by atoms with Crippen LogP contribution in [-0.4, -0.2) is 35.8 Å². The number of aryl methyl sites for hydroxylation is 1. The fourth-order valence-corrected chi connectivity index (χ4v) is 3.76. The van der Waals surface area contributed by atoms with Gasteiger partial charge in [0.15, 0.2) is 5.65 Å². The Morgan fingerprint density at radius 2 is 2.07 bits per heavy atom. The van der Waals surface area contributed by atoms with Crippen molar-refractivity contribution in [3.05, 3.63) is 50.8 Å². The molecule has 0 radical (unpaired) electrons. The molecule has 1 aliphatic heterocycles. The highest BCUT2D eigenvalue weighted by Gasteiger charge is 2.25. The molecule has 144 valence electrons. The summed E-state index contributed by atoms with van der Waals surface area (Å²) in [6.45, 7) is 13.8. The van der Waals surface area contributed by atoms with Crippen LogP contribution in [0, 0.1) is 6.92 Å². The number of aromatic amines is 1. The van der Waals surface area contributed by atoms with Crippen molar-refractivity contribution >= 4 is 5.65 Å². The SMILES string of the molecule is CCn1ncc(CN2CCc3nc4cc(C(C)(C)C)[nH]n4c(=O)c3C2)c1C. The minimum atomic E-state index is -0.0519. The van der Waals surface area contributed by atoms with Crippen LogP contribution in [0.1, 0.15) is 55.9 Å². The quantitative estimate of drug-likeness (QED) is 0.771. The lowest BCUT2D eigenvalue weighted by atomic mass is 9.93. The van der Waals surface area contributed by atoms with Crippen molar-refractivity contribution in [1.29, 1.82) is 0 Å². The highest BCUT2D eigenvalue weighted by molar-refractivity contribution is 5.43. The van der Waals surface area contributed by atoms with Gasteiger partial charge in [-0.2, -0.15) is 5.10 Å². The topological polar surface area (TPSA) is 71.2 Å². The summed E-state index contributed by atoms with van der Waals surface area (Å²) in [7, 11) is 0. The van der Waals surface area contributed by atoms with E-state index in [2.05, 4.69) is 49.7 Å². The number of aromatic nitrogens is 5. The number of hydrogen-bond acceptors (Lipinski definition) is 4. The van der Waals surface area contributed by atoms with Gasteiger partial charge in [-0.05, 0) is 13.8 Å². The number of rotatable bonds is 3. The first-order valence-corrected chi connectivity index (χ1v) is 9.65. The molecule has 7 nitrogen and oxygen atoms in total. The summed E-state index contributed by atoms with van der Waals surface area (Å²) < 4.78 is 3.61. The van der Waals surface area contributed by atoms with Gasteiger partial charge in [-0.25, -0.2) is 9.50 Å². The third-order valence-electron chi connectivity index (χ3n) is 5.55. The Labute approximate surface area is 159 Å². The molecule has 7 heteroatoms. The van der Waals surface area contributed by atoms with Crippen molar-refractivity contribution in [3.63, 3.8) is 0 Å². The summed E-state index contributed by atoms with van der Waals surface area (Å²) in [5.41, 5.74) is 5.89. The molecular weight excluding hydrogens is 340 g/mol. The Hall–Kier alpha value is -2.41. The van der Waals surface area contributed by atoms with Crippen LogP contribution in [0.15, 0.2) is 17.1 Å². The highest BCUT2D eigenvalue weighted by atomic mass is 16.1. The van der Waals surface area contributed by atoms with E-state index < -0.39 is 0 Å². The van der Waals surface area contributed by atoms with E-state index in [9.17, 15) is 4.79 Å². The van der Waals surface area contributed by atoms with Gasteiger partial charge in [0.05, 0.1) is 17.5 Å². The van der Waals surface area contributed by atoms with Crippen molar-refractivity contribution in [2.45, 2.75) is 66.1 Å². The number of hydrogen-bond donors (Lipinski definition) is 1. The Kier molecular flexibility index (Phi) is 4.22. The van der Waals surface area contributed by atoms with Gasteiger partial charge in [-0.3, -0.25) is 19.5 Å². The predicted octanol–water partition coefficient (Wildman–Crippen LogP) is 2.40. The van der Waals surface area contributed by atoms with E-state index in [0.717, 1.165) is 48.7 Å². The average molecular weight is 368 g/mol. The molecule has 3 aromatic heterocycles. The first-order chi connectivity index (χ1) is 12.8. The molecular formula is C20H28N6O. The van der Waals surface area contributed by atoms with Crippen LogP contribution < -0.4 is 5.56 Å². The molecule has 3 aromatic rings. The van der Waals surface area contributed by atoms with Crippen molar-refractivity contribution in [2.24, 2.45) is 0 Å². The second-order valence-corrected chi connectivity index (χ2v) is 8.49. The molecule has 0 saturated carbocycles. The number of nitrogens with one attached hydrogen (secondary N) is 1. The van der Waals surface area contributed by atoms with Crippen LogP contribution in [0.4, 0.5) is 0 Å². The number of H-pyrrole nitrogens is 1. The summed E-state index contributed by atoms with van der Waals surface area (Å²) in [5.74, 6) is 0. The van der Waals surface area contributed by atoms with Crippen LogP contribution >= 0.6 is 0 Å². The van der Waals surface area contributed by atoms with Crippen LogP contribution in [0.25, 0.3) is 5.65 Å². The molecule has 0 amide bonds. The Morgan fingerprint density at radius 3 is 2.74 bits per heavy atom. The highest BCUT2D eigenvalue weighted by Crippen LogP contribution is 2.23. The van der Waals surface area contributed by atoms with E-state index in [4.69, 9.17) is 4.98 Å². The van der Waals surface area contributed by atoms with Gasteiger partial charge in [-0.15, -0.1) is 0 Å². The summed E-state index contributed by atoms with van der Waals surface area (Å²) in [5, 5.41) is 7.68. The maximum absolute atomic E-state index is 13.1. The minimum Gasteiger partial charge on any atom is -0.294 e. The van der Waals surface area contributed by atoms with E-state index >= 15 is 0 Å². The van der Waals surface area contributed by atoms with E-state index in [-0.39, 0.29) is 11.0 Å². The molecule has 1 aliphatic rings. The summed E-state index contributed by atoms with van der Waals surface area (Å²) in [4.78, 5) is 20.2. The van der Waals surface area contributed by atoms with Gasteiger partial charge in [0.2, 0.25) is 0 Å². The average Bonchev–Trinajstić information content (AvgIpc) is 3.20. The molecule has 0 atom stereocenters. The fourth-order valence-electron chi connectivity index (χ4n) is 3.76. The van der Waals surface area contributed by atoms with Gasteiger partial charge in [0, 0.05) is 61.0 Å². The fraction of sp³-hybridized carbons (Fsp3) is 0.550. The maximum Gasteiger partial charge on any atom is 0.277 e. The molecule has 0 fully saturated rings. The maximum atomic E-state index is 13.1. The molecule has 27 heavy (non-hydrogen) atoms. The lowest BCUT2D eigenvalue weighted by Crippen LogP contribution is -2.36. The number of nitrogens with zero attached hydrogens (tertiary/aromatic N) is 5. The predicted molar refractivity (Wildman–Crippen MR) is 105 cm³/mol. The molecule has 1 N–H and O–H groups in total. The summed E-state index contributed by atoms with van der Waals surface area (Å²) >= 11 is 0. The van der Waals surface area contributed by atoms with Gasteiger partial charge in [-0.1, -0.05) is 20.8 Å². The zero-order valence-electron chi connectivity index (χ0n) is 16.8. The molecule has 0 spiro atoms. The van der Waals surface area contributed by atoms with Crippen molar-refractivity contribution in [3.8, 4) is 0 Å². The number of fused-ring (bicyclic) bond motifs is 2. The lowest BCUT2D eigenvalue weighted by molar-refractivity contribution is 0.241. The molecule has 0 unspecified atom stereocenters. The Bertz CT molecular complexity index is 1050. The van der Waals surface area contributed by atoms with Crippen molar-refractivity contribution in [2.75, 3.05) is 6.54 Å². The first-order valence-electron chi connectivity index (χ1n) is 9.65. The minimum absolute atomic E-state index is 0.0242. The lowest BCUT2D eigenvalue weighted by Gasteiger charge is -2.27. The van der Waals surface area contributed by atoms with Gasteiger partial charge >= 0.3 is 0 Å². The first kappa shape index (κ1) is 18.0. The largest absolute Gasteiger partial charge is 0.294 e. The van der Waals surface area contributed by atoms with E-state index in [0.29, 0.717) is 6.54 Å². The van der Waals surface area contributed by atoms with E-state index in [1.165, 1.54) is 11.3 Å². The van der Waals surface area contributed by atoms with Crippen LogP contribution in [0.5, 0.6) is 0 Å². The van der Waals surface area contributed by atoms with Crippen molar-refractivity contribution in [1.82, 2.24) is 29.3 Å². The third-order valence-corrected chi connectivity index (χ3v) is 5.55. The van der Waals surface area contributed by atoms with Gasteiger partial charge in [0.25, 0.3) is 5.56 Å². The second-order valence-electron chi connectivity index (χ2n) is 8.49.